The molecule has 0 radical (unpaired) electrons. The highest BCUT2D eigenvalue weighted by molar-refractivity contribution is 7.94. The fourth-order valence-corrected chi connectivity index (χ4v) is 2.64. The van der Waals surface area contributed by atoms with Crippen LogP contribution in [0.25, 0.3) is 0 Å². The zero-order valence-electron chi connectivity index (χ0n) is 15.2. The molecule has 0 heterocycles. The van der Waals surface area contributed by atoms with Crippen molar-refractivity contribution < 1.29 is 32.4 Å². The molecule has 2 nitrogen and oxygen atoms in total. The van der Waals surface area contributed by atoms with Crippen LogP contribution in [-0.4, -0.2) is 6.61 Å². The van der Waals surface area contributed by atoms with Crippen LogP contribution in [0.3, 0.4) is 0 Å². The van der Waals surface area contributed by atoms with E-state index in [-0.39, 0.29) is 23.5 Å². The molecule has 0 N–H and O–H groups in total. The summed E-state index contributed by atoms with van der Waals surface area (Å²) in [4.78, 5) is 1.12. The van der Waals surface area contributed by atoms with Crippen LogP contribution in [0.1, 0.15) is 38.2 Å². The highest BCUT2D eigenvalue weighted by Gasteiger charge is 1.98. The molecule has 0 aliphatic rings. The van der Waals surface area contributed by atoms with Gasteiger partial charge in [0.1, 0.15) is 5.75 Å². The van der Waals surface area contributed by atoms with Crippen LogP contribution < -0.4 is 4.74 Å². The van der Waals surface area contributed by atoms with Crippen molar-refractivity contribution in [3.8, 4) is 5.75 Å². The van der Waals surface area contributed by atoms with Crippen LogP contribution in [0.5, 0.6) is 5.75 Å². The van der Waals surface area contributed by atoms with E-state index in [4.69, 9.17) is 8.92 Å². The van der Waals surface area contributed by atoms with E-state index in [9.17, 15) is 0 Å². The number of halogens is 5. The molecule has 0 amide bonds. The smallest absolute Gasteiger partial charge is 0.119 e. The zero-order valence-corrected chi connectivity index (χ0v) is 16.0. The quantitative estimate of drug-likeness (QED) is 0.246. The van der Waals surface area contributed by atoms with Crippen LogP contribution >= 0.6 is 12.0 Å². The number of ether oxygens (including phenoxy) is 1. The van der Waals surface area contributed by atoms with Gasteiger partial charge < -0.3 is 8.92 Å². The van der Waals surface area contributed by atoms with Crippen molar-refractivity contribution in [1.82, 2.24) is 0 Å². The average Bonchev–Trinajstić information content (AvgIpc) is 2.57. The van der Waals surface area contributed by atoms with Crippen LogP contribution in [-0.2, 0) is 10.8 Å². The van der Waals surface area contributed by atoms with Crippen molar-refractivity contribution in [1.29, 1.82) is 0 Å². The lowest BCUT2D eigenvalue weighted by molar-refractivity contribution is 0.304. The van der Waals surface area contributed by atoms with Crippen LogP contribution in [0.15, 0.2) is 59.5 Å². The minimum Gasteiger partial charge on any atom is -0.494 e. The average molecular weight is 416 g/mol. The number of benzene rings is 2. The third-order valence-corrected chi connectivity index (χ3v) is 4.01. The van der Waals surface area contributed by atoms with E-state index < -0.39 is 0 Å². The van der Waals surface area contributed by atoms with Gasteiger partial charge in [-0.3, -0.25) is 23.5 Å². The molecular weight excluding hydrogens is 387 g/mol. The summed E-state index contributed by atoms with van der Waals surface area (Å²) in [6.07, 6.45) is 4.93. The van der Waals surface area contributed by atoms with Crippen molar-refractivity contribution in [3.05, 3.63) is 60.2 Å². The molecule has 27 heavy (non-hydrogen) atoms. The van der Waals surface area contributed by atoms with E-state index in [0.29, 0.717) is 6.61 Å². The molecule has 0 aliphatic carbocycles. The molecule has 0 fully saturated rings. The van der Waals surface area contributed by atoms with Crippen molar-refractivity contribution >= 4 is 12.0 Å². The monoisotopic (exact) mass is 416 g/mol. The lowest BCUT2D eigenvalue weighted by Crippen LogP contribution is -1.97. The topological polar surface area (TPSA) is 18.5 Å². The van der Waals surface area contributed by atoms with Gasteiger partial charge in [0.05, 0.1) is 13.2 Å². The van der Waals surface area contributed by atoms with E-state index in [2.05, 4.69) is 19.1 Å². The molecule has 0 saturated heterocycles. The van der Waals surface area contributed by atoms with Gasteiger partial charge in [-0.25, -0.2) is 0 Å². The first kappa shape index (κ1) is 32.8. The molecule has 0 bridgehead atoms. The Bertz CT molecular complexity index is 529. The van der Waals surface area contributed by atoms with Gasteiger partial charge in [0.15, 0.2) is 0 Å². The third-order valence-electron chi connectivity index (χ3n) is 3.31. The molecule has 8 heteroatoms. The largest absolute Gasteiger partial charge is 0.494 e. The summed E-state index contributed by atoms with van der Waals surface area (Å²) in [5, 5.41) is 0. The first-order valence-corrected chi connectivity index (χ1v) is 8.69. The first-order valence-electron chi connectivity index (χ1n) is 7.94. The van der Waals surface area contributed by atoms with Gasteiger partial charge in [-0.2, -0.15) is 0 Å². The minimum atomic E-state index is 0. The molecule has 0 unspecified atom stereocenters. The van der Waals surface area contributed by atoms with Gasteiger partial charge in [-0.15, -0.1) is 0 Å². The van der Waals surface area contributed by atoms with E-state index in [1.165, 1.54) is 31.3 Å². The van der Waals surface area contributed by atoms with Crippen LogP contribution in [0.4, 0.5) is 23.5 Å². The van der Waals surface area contributed by atoms with Crippen molar-refractivity contribution in [2.24, 2.45) is 0 Å². The predicted octanol–water partition coefficient (Wildman–Crippen LogP) is 6.63. The summed E-state index contributed by atoms with van der Waals surface area (Å²) in [6, 6.07) is 18.3. The lowest BCUT2D eigenvalue weighted by atomic mass is 10.2. The number of hydrogen-bond donors (Lipinski definition) is 0. The number of rotatable bonds is 10. The zero-order chi connectivity index (χ0) is 15.5. The standard InChI is InChI=1S/C19H24O2S.5FH/c1-2-3-4-8-15-20-18-13-11-17(12-14-18)16-21-22-19-9-6-5-7-10-19;;;;;/h5-7,9-14H,2-4,8,15-16H2,1H3;5*1H. The van der Waals surface area contributed by atoms with Crippen LogP contribution in [0.2, 0.25) is 0 Å². The third kappa shape index (κ3) is 14.0. The molecule has 2 aromatic rings. The summed E-state index contributed by atoms with van der Waals surface area (Å²) in [5.41, 5.74) is 1.15. The summed E-state index contributed by atoms with van der Waals surface area (Å²) in [5.74, 6) is 0.941. The molecule has 0 saturated carbocycles. The Kier molecular flexibility index (Phi) is 24.9. The first-order chi connectivity index (χ1) is 10.9. The van der Waals surface area contributed by atoms with E-state index in [1.54, 1.807) is 0 Å². The van der Waals surface area contributed by atoms with E-state index >= 15 is 0 Å². The van der Waals surface area contributed by atoms with Crippen molar-refractivity contribution in [2.75, 3.05) is 6.61 Å². The Morgan fingerprint density at radius 1 is 0.741 bits per heavy atom. The molecule has 0 aromatic heterocycles. The predicted molar refractivity (Wildman–Crippen MR) is 106 cm³/mol. The molecule has 0 atom stereocenters. The van der Waals surface area contributed by atoms with Gasteiger partial charge in [-0.1, -0.05) is 56.5 Å². The minimum absolute atomic E-state index is 0. The van der Waals surface area contributed by atoms with Gasteiger partial charge in [0.2, 0.25) is 0 Å². The van der Waals surface area contributed by atoms with Gasteiger partial charge in [0, 0.05) is 16.9 Å². The summed E-state index contributed by atoms with van der Waals surface area (Å²) < 4.78 is 11.4. The fraction of sp³-hybridized carbons (Fsp3) is 0.368. The van der Waals surface area contributed by atoms with Gasteiger partial charge in [0.25, 0.3) is 0 Å². The molecule has 2 aromatic carbocycles. The normalized spacial score (nSPS) is 8.63. The summed E-state index contributed by atoms with van der Waals surface area (Å²) in [7, 11) is 0. The Morgan fingerprint density at radius 2 is 1.37 bits per heavy atom. The van der Waals surface area contributed by atoms with Crippen LogP contribution in [0, 0.1) is 0 Å². The maximum absolute atomic E-state index is 5.74. The SMILES string of the molecule is CCCCCCOc1ccc(COSc2ccccc2)cc1.F.F.F.F.F. The number of unbranched alkanes of at least 4 members (excludes halogenated alkanes) is 3. The molecule has 2 rings (SSSR count). The Hall–Kier alpha value is -1.80. The van der Waals surface area contributed by atoms with Gasteiger partial charge in [-0.05, 0) is 36.2 Å². The second kappa shape index (κ2) is 20.5. The Labute approximate surface area is 161 Å². The van der Waals surface area contributed by atoms with E-state index in [1.807, 2.05) is 42.5 Å². The summed E-state index contributed by atoms with van der Waals surface area (Å²) >= 11 is 1.41. The number of hydrogen-bond acceptors (Lipinski definition) is 3. The maximum atomic E-state index is 5.74. The van der Waals surface area contributed by atoms with Gasteiger partial charge >= 0.3 is 0 Å². The second-order valence-electron chi connectivity index (χ2n) is 5.21. The molecule has 158 valence electrons. The van der Waals surface area contributed by atoms with Crippen molar-refractivity contribution in [2.45, 2.75) is 44.1 Å². The Balaban J connectivity index is -0.000000529. The molecule has 0 aliphatic heterocycles. The summed E-state index contributed by atoms with van der Waals surface area (Å²) in [6.45, 7) is 3.62. The lowest BCUT2D eigenvalue weighted by Gasteiger charge is -2.07. The second-order valence-corrected chi connectivity index (χ2v) is 6.09. The Morgan fingerprint density at radius 3 is 1.96 bits per heavy atom. The highest BCUT2D eigenvalue weighted by Crippen LogP contribution is 2.21. The highest BCUT2D eigenvalue weighted by atomic mass is 32.2. The maximum Gasteiger partial charge on any atom is 0.119 e. The fourth-order valence-electron chi connectivity index (χ4n) is 2.04. The van der Waals surface area contributed by atoms with E-state index in [0.717, 1.165) is 29.2 Å². The molecule has 0 spiro atoms. The van der Waals surface area contributed by atoms with Crippen molar-refractivity contribution in [3.63, 3.8) is 0 Å². The molecular formula is C19H29F5O2S.